The van der Waals surface area contributed by atoms with Gasteiger partial charge in [0.05, 0.1) is 31.4 Å². The molecular formula is C18H19F2NO6S. The molecule has 0 aliphatic heterocycles. The number of nitrogens with zero attached hydrogens (tertiary/aromatic N) is 1. The average molecular weight is 415 g/mol. The molecular weight excluding hydrogens is 396 g/mol. The van der Waals surface area contributed by atoms with Crippen LogP contribution in [0.15, 0.2) is 41.3 Å². The van der Waals surface area contributed by atoms with Crippen LogP contribution in [-0.2, 0) is 19.6 Å². The molecule has 7 nitrogen and oxygen atoms in total. The van der Waals surface area contributed by atoms with E-state index in [-0.39, 0.29) is 23.0 Å². The van der Waals surface area contributed by atoms with Crippen LogP contribution in [0.2, 0.25) is 0 Å². The van der Waals surface area contributed by atoms with Crippen molar-refractivity contribution < 1.29 is 36.2 Å². The first-order valence-electron chi connectivity index (χ1n) is 8.10. The topological polar surface area (TPSA) is 82.1 Å². The first kappa shape index (κ1) is 21.4. The molecule has 0 atom stereocenters. The molecule has 0 heterocycles. The fourth-order valence-corrected chi connectivity index (χ4v) is 3.84. The molecule has 0 unspecified atom stereocenters. The van der Waals surface area contributed by atoms with Gasteiger partial charge in [0.2, 0.25) is 0 Å². The van der Waals surface area contributed by atoms with Gasteiger partial charge in [-0.1, -0.05) is 0 Å². The van der Waals surface area contributed by atoms with Crippen molar-refractivity contribution in [1.29, 1.82) is 0 Å². The van der Waals surface area contributed by atoms with E-state index in [9.17, 15) is 22.0 Å². The second kappa shape index (κ2) is 8.87. The summed E-state index contributed by atoms with van der Waals surface area (Å²) in [6, 6.07) is 6.10. The molecule has 0 saturated heterocycles. The van der Waals surface area contributed by atoms with Crippen LogP contribution >= 0.6 is 0 Å². The summed E-state index contributed by atoms with van der Waals surface area (Å²) in [5.41, 5.74) is -0.496. The van der Waals surface area contributed by atoms with E-state index in [0.717, 1.165) is 12.1 Å². The van der Waals surface area contributed by atoms with E-state index in [1.165, 1.54) is 32.4 Å². The van der Waals surface area contributed by atoms with Crippen molar-refractivity contribution in [3.05, 3.63) is 48.0 Å². The Labute approximate surface area is 161 Å². The zero-order chi connectivity index (χ0) is 20.9. The number of sulfonamides is 1. The van der Waals surface area contributed by atoms with Crippen molar-refractivity contribution in [2.75, 3.05) is 31.7 Å². The van der Waals surface area contributed by atoms with Crippen LogP contribution in [0.25, 0.3) is 0 Å². The SMILES string of the molecule is CCOC(=O)CN(c1ccc(F)cc1F)S(=O)(=O)c1ccc(OC)c(OC)c1. The number of benzene rings is 2. The van der Waals surface area contributed by atoms with E-state index in [0.29, 0.717) is 10.4 Å². The molecule has 2 rings (SSSR count). The number of methoxy groups -OCH3 is 2. The quantitative estimate of drug-likeness (QED) is 0.617. The standard InChI is InChI=1S/C18H19F2NO6S/c1-4-27-18(22)11-21(15-7-5-12(19)9-14(15)20)28(23,24)13-6-8-16(25-2)17(10-13)26-3/h5-10H,4,11H2,1-3H3. The highest BCUT2D eigenvalue weighted by molar-refractivity contribution is 7.92. The third-order valence-corrected chi connectivity index (χ3v) is 5.46. The number of anilines is 1. The van der Waals surface area contributed by atoms with Gasteiger partial charge in [-0.2, -0.15) is 0 Å². The molecule has 0 spiro atoms. The fourth-order valence-electron chi connectivity index (χ4n) is 2.41. The molecule has 0 aliphatic carbocycles. The van der Waals surface area contributed by atoms with Crippen LogP contribution in [0.4, 0.5) is 14.5 Å². The molecule has 0 aliphatic rings. The van der Waals surface area contributed by atoms with Gasteiger partial charge in [-0.05, 0) is 31.2 Å². The number of hydrogen-bond acceptors (Lipinski definition) is 6. The van der Waals surface area contributed by atoms with Crippen LogP contribution in [0, 0.1) is 11.6 Å². The predicted molar refractivity (Wildman–Crippen MR) is 97.1 cm³/mol. The molecule has 0 saturated carbocycles. The van der Waals surface area contributed by atoms with Crippen LogP contribution in [-0.4, -0.2) is 41.8 Å². The van der Waals surface area contributed by atoms with Crippen molar-refractivity contribution in [3.63, 3.8) is 0 Å². The van der Waals surface area contributed by atoms with Crippen molar-refractivity contribution >= 4 is 21.7 Å². The summed E-state index contributed by atoms with van der Waals surface area (Å²) < 4.78 is 69.3. The van der Waals surface area contributed by atoms with Gasteiger partial charge in [0.1, 0.15) is 18.2 Å². The largest absolute Gasteiger partial charge is 0.493 e. The molecule has 0 radical (unpaired) electrons. The van der Waals surface area contributed by atoms with Crippen molar-refractivity contribution in [1.82, 2.24) is 0 Å². The maximum atomic E-state index is 14.3. The van der Waals surface area contributed by atoms with E-state index < -0.39 is 39.9 Å². The molecule has 2 aromatic carbocycles. The van der Waals surface area contributed by atoms with Gasteiger partial charge in [-0.25, -0.2) is 17.2 Å². The highest BCUT2D eigenvalue weighted by Gasteiger charge is 2.30. The summed E-state index contributed by atoms with van der Waals surface area (Å²) in [6.07, 6.45) is 0. The second-order valence-electron chi connectivity index (χ2n) is 5.43. The zero-order valence-corrected chi connectivity index (χ0v) is 16.3. The van der Waals surface area contributed by atoms with Crippen LogP contribution in [0.3, 0.4) is 0 Å². The third kappa shape index (κ3) is 4.50. The van der Waals surface area contributed by atoms with Crippen molar-refractivity contribution in [3.8, 4) is 11.5 Å². The van der Waals surface area contributed by atoms with E-state index in [1.807, 2.05) is 0 Å². The summed E-state index contributed by atoms with van der Waals surface area (Å²) in [7, 11) is -1.72. The van der Waals surface area contributed by atoms with E-state index in [1.54, 1.807) is 6.92 Å². The number of rotatable bonds is 8. The number of ether oxygens (including phenoxy) is 3. The summed E-state index contributed by atoms with van der Waals surface area (Å²) in [5.74, 6) is -2.52. The second-order valence-corrected chi connectivity index (χ2v) is 7.29. The molecule has 0 bridgehead atoms. The zero-order valence-electron chi connectivity index (χ0n) is 15.4. The lowest BCUT2D eigenvalue weighted by atomic mass is 10.3. The average Bonchev–Trinajstić information content (AvgIpc) is 2.66. The van der Waals surface area contributed by atoms with Gasteiger partial charge in [0.25, 0.3) is 10.0 Å². The highest BCUT2D eigenvalue weighted by atomic mass is 32.2. The Morgan fingerprint density at radius 3 is 2.29 bits per heavy atom. The van der Waals surface area contributed by atoms with Crippen LogP contribution in [0.5, 0.6) is 11.5 Å². The summed E-state index contributed by atoms with van der Waals surface area (Å²) in [4.78, 5) is 11.7. The van der Waals surface area contributed by atoms with E-state index in [2.05, 4.69) is 0 Å². The smallest absolute Gasteiger partial charge is 0.326 e. The number of carbonyl (C=O) groups excluding carboxylic acids is 1. The van der Waals surface area contributed by atoms with Crippen LogP contribution in [0.1, 0.15) is 6.92 Å². The molecule has 0 amide bonds. The first-order valence-corrected chi connectivity index (χ1v) is 9.54. The minimum absolute atomic E-state index is 0.00891. The Hall–Kier alpha value is -2.88. The molecule has 0 fully saturated rings. The van der Waals surface area contributed by atoms with E-state index in [4.69, 9.17) is 14.2 Å². The number of hydrogen-bond donors (Lipinski definition) is 0. The molecule has 10 heteroatoms. The monoisotopic (exact) mass is 415 g/mol. The maximum absolute atomic E-state index is 14.3. The van der Waals surface area contributed by atoms with Crippen molar-refractivity contribution in [2.24, 2.45) is 0 Å². The number of carbonyl (C=O) groups is 1. The molecule has 152 valence electrons. The molecule has 2 aromatic rings. The minimum atomic E-state index is -4.43. The summed E-state index contributed by atoms with van der Waals surface area (Å²) in [5, 5.41) is 0. The molecule has 28 heavy (non-hydrogen) atoms. The Kier molecular flexibility index (Phi) is 6.79. The van der Waals surface area contributed by atoms with Gasteiger partial charge in [-0.15, -0.1) is 0 Å². The summed E-state index contributed by atoms with van der Waals surface area (Å²) in [6.45, 7) is 0.756. The first-order chi connectivity index (χ1) is 13.2. The Bertz CT molecular complexity index is 965. The number of halogens is 2. The van der Waals surface area contributed by atoms with Gasteiger partial charge in [0, 0.05) is 12.1 Å². The Morgan fingerprint density at radius 2 is 1.71 bits per heavy atom. The van der Waals surface area contributed by atoms with Gasteiger partial charge in [-0.3, -0.25) is 9.10 Å². The normalized spacial score (nSPS) is 11.0. The highest BCUT2D eigenvalue weighted by Crippen LogP contribution is 2.33. The Morgan fingerprint density at radius 1 is 1.04 bits per heavy atom. The van der Waals surface area contributed by atoms with Gasteiger partial charge in [0.15, 0.2) is 11.5 Å². The fraction of sp³-hybridized carbons (Fsp3) is 0.278. The number of esters is 1. The van der Waals surface area contributed by atoms with Crippen LogP contribution < -0.4 is 13.8 Å². The summed E-state index contributed by atoms with van der Waals surface area (Å²) >= 11 is 0. The lowest BCUT2D eigenvalue weighted by Crippen LogP contribution is -2.37. The minimum Gasteiger partial charge on any atom is -0.493 e. The maximum Gasteiger partial charge on any atom is 0.326 e. The third-order valence-electron chi connectivity index (χ3n) is 3.70. The van der Waals surface area contributed by atoms with Gasteiger partial charge >= 0.3 is 5.97 Å². The Balaban J connectivity index is 2.59. The molecule has 0 aromatic heterocycles. The molecule has 0 N–H and O–H groups in total. The lowest BCUT2D eigenvalue weighted by molar-refractivity contribution is -0.141. The lowest BCUT2D eigenvalue weighted by Gasteiger charge is -2.24. The van der Waals surface area contributed by atoms with E-state index >= 15 is 0 Å². The van der Waals surface area contributed by atoms with Crippen molar-refractivity contribution in [2.45, 2.75) is 11.8 Å². The predicted octanol–water partition coefficient (Wildman–Crippen LogP) is 2.74. The van der Waals surface area contributed by atoms with Gasteiger partial charge < -0.3 is 14.2 Å².